The zero-order valence-corrected chi connectivity index (χ0v) is 9.15. The van der Waals surface area contributed by atoms with E-state index in [4.69, 9.17) is 4.74 Å². The fourth-order valence-corrected chi connectivity index (χ4v) is 2.23. The second-order valence-electron chi connectivity index (χ2n) is 4.11. The quantitative estimate of drug-likeness (QED) is 0.697. The SMILES string of the molecule is c1ccc(-c2cccc3c2OCCC3)cc1. The van der Waals surface area contributed by atoms with E-state index >= 15 is 0 Å². The van der Waals surface area contributed by atoms with E-state index in [1.165, 1.54) is 16.7 Å². The normalized spacial score (nSPS) is 14.0. The lowest BCUT2D eigenvalue weighted by Gasteiger charge is -2.20. The molecular weight excluding hydrogens is 196 g/mol. The van der Waals surface area contributed by atoms with Gasteiger partial charge in [0.2, 0.25) is 0 Å². The van der Waals surface area contributed by atoms with Crippen molar-refractivity contribution in [1.29, 1.82) is 0 Å². The summed E-state index contributed by atoms with van der Waals surface area (Å²) in [5, 5.41) is 0. The van der Waals surface area contributed by atoms with Gasteiger partial charge >= 0.3 is 0 Å². The molecule has 0 aromatic heterocycles. The average molecular weight is 210 g/mol. The summed E-state index contributed by atoms with van der Waals surface area (Å²) < 4.78 is 5.81. The van der Waals surface area contributed by atoms with Crippen molar-refractivity contribution >= 4 is 0 Å². The van der Waals surface area contributed by atoms with Crippen LogP contribution in [0.3, 0.4) is 0 Å². The molecule has 2 aromatic rings. The van der Waals surface area contributed by atoms with Crippen molar-refractivity contribution in [1.82, 2.24) is 0 Å². The predicted molar refractivity (Wildman–Crippen MR) is 65.7 cm³/mol. The van der Waals surface area contributed by atoms with Gasteiger partial charge in [-0.25, -0.2) is 0 Å². The first-order valence-corrected chi connectivity index (χ1v) is 5.75. The van der Waals surface area contributed by atoms with Crippen LogP contribution in [0.5, 0.6) is 5.75 Å². The molecule has 0 bridgehead atoms. The number of fused-ring (bicyclic) bond motifs is 1. The molecule has 0 radical (unpaired) electrons. The van der Waals surface area contributed by atoms with Crippen molar-refractivity contribution in [3.05, 3.63) is 54.1 Å². The van der Waals surface area contributed by atoms with Gasteiger partial charge in [-0.3, -0.25) is 0 Å². The van der Waals surface area contributed by atoms with Crippen LogP contribution in [0, 0.1) is 0 Å². The fourth-order valence-electron chi connectivity index (χ4n) is 2.23. The Morgan fingerprint density at radius 3 is 2.62 bits per heavy atom. The van der Waals surface area contributed by atoms with Crippen molar-refractivity contribution < 1.29 is 4.74 Å². The highest BCUT2D eigenvalue weighted by Gasteiger charge is 2.14. The molecule has 0 spiro atoms. The summed E-state index contributed by atoms with van der Waals surface area (Å²) in [5.74, 6) is 1.08. The van der Waals surface area contributed by atoms with Gasteiger partial charge in [0.1, 0.15) is 5.75 Å². The molecule has 0 aliphatic carbocycles. The van der Waals surface area contributed by atoms with E-state index in [1.54, 1.807) is 0 Å². The van der Waals surface area contributed by atoms with Gasteiger partial charge in [-0.05, 0) is 24.0 Å². The zero-order valence-electron chi connectivity index (χ0n) is 9.15. The predicted octanol–water partition coefficient (Wildman–Crippen LogP) is 3.68. The second kappa shape index (κ2) is 4.01. The minimum Gasteiger partial charge on any atom is -0.493 e. The van der Waals surface area contributed by atoms with E-state index in [-0.39, 0.29) is 0 Å². The van der Waals surface area contributed by atoms with Crippen molar-refractivity contribution in [3.8, 4) is 16.9 Å². The first-order valence-electron chi connectivity index (χ1n) is 5.75. The van der Waals surface area contributed by atoms with Crippen LogP contribution < -0.4 is 4.74 Å². The molecule has 0 amide bonds. The van der Waals surface area contributed by atoms with E-state index in [0.29, 0.717) is 0 Å². The molecule has 0 saturated carbocycles. The maximum absolute atomic E-state index is 5.81. The van der Waals surface area contributed by atoms with Crippen molar-refractivity contribution in [2.75, 3.05) is 6.61 Å². The Balaban J connectivity index is 2.14. The second-order valence-corrected chi connectivity index (χ2v) is 4.11. The van der Waals surface area contributed by atoms with E-state index in [9.17, 15) is 0 Å². The maximum Gasteiger partial charge on any atom is 0.130 e. The van der Waals surface area contributed by atoms with E-state index in [2.05, 4.69) is 42.5 Å². The minimum absolute atomic E-state index is 0.844. The van der Waals surface area contributed by atoms with Gasteiger partial charge in [0.05, 0.1) is 6.61 Å². The molecular formula is C15H14O. The van der Waals surface area contributed by atoms with Gasteiger partial charge in [0.25, 0.3) is 0 Å². The third-order valence-electron chi connectivity index (χ3n) is 3.02. The van der Waals surface area contributed by atoms with Crippen LogP contribution in [0.1, 0.15) is 12.0 Å². The van der Waals surface area contributed by atoms with Crippen LogP contribution in [0.25, 0.3) is 11.1 Å². The molecule has 0 unspecified atom stereocenters. The van der Waals surface area contributed by atoms with Gasteiger partial charge in [0, 0.05) is 5.56 Å². The number of hydrogen-bond acceptors (Lipinski definition) is 1. The fraction of sp³-hybridized carbons (Fsp3) is 0.200. The molecule has 0 atom stereocenters. The van der Waals surface area contributed by atoms with Gasteiger partial charge in [-0.2, -0.15) is 0 Å². The molecule has 80 valence electrons. The molecule has 1 nitrogen and oxygen atoms in total. The standard InChI is InChI=1S/C15H14O/c1-2-6-12(7-3-1)14-10-4-8-13-9-5-11-16-15(13)14/h1-4,6-8,10H,5,9,11H2. The summed E-state index contributed by atoms with van der Waals surface area (Å²) in [6.07, 6.45) is 2.27. The largest absolute Gasteiger partial charge is 0.493 e. The van der Waals surface area contributed by atoms with Gasteiger partial charge in [0.15, 0.2) is 0 Å². The molecule has 1 heteroatoms. The number of hydrogen-bond donors (Lipinski definition) is 0. The molecule has 2 aromatic carbocycles. The average Bonchev–Trinajstić information content (AvgIpc) is 2.39. The summed E-state index contributed by atoms with van der Waals surface area (Å²) in [5.41, 5.74) is 3.80. The highest BCUT2D eigenvalue weighted by Crippen LogP contribution is 2.35. The van der Waals surface area contributed by atoms with Crippen LogP contribution in [0.4, 0.5) is 0 Å². The Morgan fingerprint density at radius 2 is 1.75 bits per heavy atom. The lowest BCUT2D eigenvalue weighted by molar-refractivity contribution is 0.289. The molecule has 3 rings (SSSR count). The summed E-state index contributed by atoms with van der Waals surface area (Å²) in [6, 6.07) is 16.9. The topological polar surface area (TPSA) is 9.23 Å². The Morgan fingerprint density at radius 1 is 0.875 bits per heavy atom. The van der Waals surface area contributed by atoms with E-state index in [1.807, 2.05) is 6.07 Å². The number of para-hydroxylation sites is 1. The highest BCUT2D eigenvalue weighted by atomic mass is 16.5. The third kappa shape index (κ3) is 1.58. The summed E-state index contributed by atoms with van der Waals surface area (Å²) in [6.45, 7) is 0.844. The third-order valence-corrected chi connectivity index (χ3v) is 3.02. The van der Waals surface area contributed by atoms with Gasteiger partial charge in [-0.1, -0.05) is 48.5 Å². The monoisotopic (exact) mass is 210 g/mol. The van der Waals surface area contributed by atoms with Crippen molar-refractivity contribution in [3.63, 3.8) is 0 Å². The Hall–Kier alpha value is -1.76. The summed E-state index contributed by atoms with van der Waals surface area (Å²) >= 11 is 0. The van der Waals surface area contributed by atoms with Crippen molar-refractivity contribution in [2.24, 2.45) is 0 Å². The van der Waals surface area contributed by atoms with E-state index < -0.39 is 0 Å². The number of benzene rings is 2. The Bertz CT molecular complexity index is 488. The summed E-state index contributed by atoms with van der Waals surface area (Å²) in [4.78, 5) is 0. The number of aryl methyl sites for hydroxylation is 1. The maximum atomic E-state index is 5.81. The molecule has 0 N–H and O–H groups in total. The first-order chi connectivity index (χ1) is 7.95. The van der Waals surface area contributed by atoms with E-state index in [0.717, 1.165) is 25.2 Å². The van der Waals surface area contributed by atoms with Gasteiger partial charge < -0.3 is 4.74 Å². The van der Waals surface area contributed by atoms with Crippen molar-refractivity contribution in [2.45, 2.75) is 12.8 Å². The van der Waals surface area contributed by atoms with Crippen LogP contribution in [-0.4, -0.2) is 6.61 Å². The Labute approximate surface area is 95.7 Å². The van der Waals surface area contributed by atoms with Crippen LogP contribution in [0.15, 0.2) is 48.5 Å². The smallest absolute Gasteiger partial charge is 0.130 e. The molecule has 1 heterocycles. The molecule has 16 heavy (non-hydrogen) atoms. The summed E-state index contributed by atoms with van der Waals surface area (Å²) in [7, 11) is 0. The minimum atomic E-state index is 0.844. The van der Waals surface area contributed by atoms with Crippen LogP contribution in [0.2, 0.25) is 0 Å². The number of ether oxygens (including phenoxy) is 1. The molecule has 1 aliphatic rings. The lowest BCUT2D eigenvalue weighted by atomic mass is 9.98. The highest BCUT2D eigenvalue weighted by molar-refractivity contribution is 5.72. The first kappa shape index (κ1) is 9.46. The Kier molecular flexibility index (Phi) is 2.37. The molecule has 0 fully saturated rings. The number of rotatable bonds is 1. The molecule has 0 saturated heterocycles. The van der Waals surface area contributed by atoms with Gasteiger partial charge in [-0.15, -0.1) is 0 Å². The lowest BCUT2D eigenvalue weighted by Crippen LogP contribution is -2.09. The molecule has 1 aliphatic heterocycles. The van der Waals surface area contributed by atoms with Crippen LogP contribution >= 0.6 is 0 Å². The zero-order chi connectivity index (χ0) is 10.8. The van der Waals surface area contributed by atoms with Crippen LogP contribution in [-0.2, 0) is 6.42 Å².